The molecule has 0 aliphatic carbocycles. The quantitative estimate of drug-likeness (QED) is 0.848. The number of methoxy groups -OCH3 is 1. The number of anilines is 1. The maximum atomic E-state index is 11.7. The maximum Gasteiger partial charge on any atom is 0.414 e. The molecule has 1 aromatic rings. The molecule has 1 saturated heterocycles. The molecule has 104 valence electrons. The van der Waals surface area contributed by atoms with E-state index in [1.807, 2.05) is 24.3 Å². The van der Waals surface area contributed by atoms with Crippen molar-refractivity contribution < 1.29 is 19.4 Å². The van der Waals surface area contributed by atoms with Crippen LogP contribution in [-0.4, -0.2) is 44.2 Å². The molecule has 0 radical (unpaired) electrons. The molecule has 1 fully saturated rings. The van der Waals surface area contributed by atoms with Crippen LogP contribution in [0.15, 0.2) is 24.3 Å². The minimum Gasteiger partial charge on any atom is -0.441 e. The van der Waals surface area contributed by atoms with Crippen LogP contribution in [0.2, 0.25) is 0 Å². The monoisotopic (exact) mass is 265 g/mol. The molecular formula is C14H19NO4. The van der Waals surface area contributed by atoms with Gasteiger partial charge in [0.25, 0.3) is 0 Å². The largest absolute Gasteiger partial charge is 0.441 e. The summed E-state index contributed by atoms with van der Waals surface area (Å²) in [5, 5.41) is 8.79. The SMILES string of the molecule is COC[C@H]1CN(c2ccc(CCCO)cc2)C(=O)O1. The predicted molar refractivity (Wildman–Crippen MR) is 71.3 cm³/mol. The minimum absolute atomic E-state index is 0.193. The van der Waals surface area contributed by atoms with Gasteiger partial charge < -0.3 is 14.6 Å². The Morgan fingerprint density at radius 3 is 2.79 bits per heavy atom. The van der Waals surface area contributed by atoms with Crippen LogP contribution in [0, 0.1) is 0 Å². The molecule has 1 aromatic carbocycles. The number of cyclic esters (lactones) is 1. The molecule has 1 aliphatic rings. The van der Waals surface area contributed by atoms with E-state index in [2.05, 4.69) is 0 Å². The highest BCUT2D eigenvalue weighted by molar-refractivity contribution is 5.89. The number of hydrogen-bond donors (Lipinski definition) is 1. The Morgan fingerprint density at radius 1 is 1.42 bits per heavy atom. The lowest BCUT2D eigenvalue weighted by Crippen LogP contribution is -2.25. The molecule has 0 unspecified atom stereocenters. The second-order valence-electron chi connectivity index (χ2n) is 4.57. The lowest BCUT2D eigenvalue weighted by molar-refractivity contribution is 0.0718. The number of carbonyl (C=O) groups is 1. The normalized spacial score (nSPS) is 18.7. The minimum atomic E-state index is -0.329. The number of aliphatic hydroxyl groups excluding tert-OH is 1. The number of aryl methyl sites for hydroxylation is 1. The molecule has 1 heterocycles. The first kappa shape index (κ1) is 13.8. The van der Waals surface area contributed by atoms with Gasteiger partial charge in [-0.1, -0.05) is 12.1 Å². The Kier molecular flexibility index (Phi) is 4.76. The summed E-state index contributed by atoms with van der Waals surface area (Å²) in [5.41, 5.74) is 1.98. The van der Waals surface area contributed by atoms with Crippen molar-refractivity contribution in [3.63, 3.8) is 0 Å². The van der Waals surface area contributed by atoms with E-state index in [0.717, 1.165) is 24.1 Å². The van der Waals surface area contributed by atoms with Crippen LogP contribution in [0.25, 0.3) is 0 Å². The van der Waals surface area contributed by atoms with Crippen molar-refractivity contribution in [3.05, 3.63) is 29.8 Å². The van der Waals surface area contributed by atoms with Crippen LogP contribution in [0.3, 0.4) is 0 Å². The zero-order chi connectivity index (χ0) is 13.7. The summed E-state index contributed by atoms with van der Waals surface area (Å²) in [5.74, 6) is 0. The Morgan fingerprint density at radius 2 is 2.16 bits per heavy atom. The van der Waals surface area contributed by atoms with E-state index in [0.29, 0.717) is 13.2 Å². The molecule has 0 bridgehead atoms. The molecule has 0 spiro atoms. The molecular weight excluding hydrogens is 246 g/mol. The van der Waals surface area contributed by atoms with Crippen LogP contribution in [0.1, 0.15) is 12.0 Å². The van der Waals surface area contributed by atoms with Gasteiger partial charge in [0.2, 0.25) is 0 Å². The van der Waals surface area contributed by atoms with Gasteiger partial charge in [-0.05, 0) is 30.5 Å². The summed E-state index contributed by atoms with van der Waals surface area (Å²) in [6.07, 6.45) is 1.06. The summed E-state index contributed by atoms with van der Waals surface area (Å²) < 4.78 is 10.2. The zero-order valence-electron chi connectivity index (χ0n) is 11.0. The van der Waals surface area contributed by atoms with E-state index in [4.69, 9.17) is 14.6 Å². The molecule has 0 aromatic heterocycles. The second kappa shape index (κ2) is 6.54. The fraction of sp³-hybridized carbons (Fsp3) is 0.500. The fourth-order valence-electron chi connectivity index (χ4n) is 2.13. The molecule has 1 N–H and O–H groups in total. The van der Waals surface area contributed by atoms with Gasteiger partial charge in [-0.25, -0.2) is 4.79 Å². The smallest absolute Gasteiger partial charge is 0.414 e. The first-order valence-corrected chi connectivity index (χ1v) is 6.41. The van der Waals surface area contributed by atoms with E-state index in [1.54, 1.807) is 12.0 Å². The number of ether oxygens (including phenoxy) is 2. The average Bonchev–Trinajstić information content (AvgIpc) is 2.78. The molecule has 1 atom stereocenters. The molecule has 1 amide bonds. The molecule has 1 aliphatic heterocycles. The van der Waals surface area contributed by atoms with Gasteiger partial charge in [0.15, 0.2) is 0 Å². The molecule has 2 rings (SSSR count). The number of carbonyl (C=O) groups excluding carboxylic acids is 1. The molecule has 5 nitrogen and oxygen atoms in total. The van der Waals surface area contributed by atoms with Crippen LogP contribution in [0.5, 0.6) is 0 Å². The van der Waals surface area contributed by atoms with E-state index in [1.165, 1.54) is 0 Å². The first-order valence-electron chi connectivity index (χ1n) is 6.41. The Bertz CT molecular complexity index is 418. The van der Waals surface area contributed by atoms with Crippen LogP contribution < -0.4 is 4.90 Å². The predicted octanol–water partition coefficient (Wildman–Crippen LogP) is 1.58. The van der Waals surface area contributed by atoms with Gasteiger partial charge in [0.1, 0.15) is 6.10 Å². The van der Waals surface area contributed by atoms with Crippen molar-refractivity contribution in [1.82, 2.24) is 0 Å². The van der Waals surface area contributed by atoms with Gasteiger partial charge in [-0.2, -0.15) is 0 Å². The average molecular weight is 265 g/mol. The third-order valence-electron chi connectivity index (χ3n) is 3.10. The summed E-state index contributed by atoms with van der Waals surface area (Å²) in [7, 11) is 1.59. The fourth-order valence-corrected chi connectivity index (χ4v) is 2.13. The third-order valence-corrected chi connectivity index (χ3v) is 3.10. The zero-order valence-corrected chi connectivity index (χ0v) is 11.0. The lowest BCUT2D eigenvalue weighted by atomic mass is 10.1. The highest BCUT2D eigenvalue weighted by atomic mass is 16.6. The summed E-state index contributed by atoms with van der Waals surface area (Å²) >= 11 is 0. The number of hydrogen-bond acceptors (Lipinski definition) is 4. The van der Waals surface area contributed by atoms with Crippen LogP contribution in [0.4, 0.5) is 10.5 Å². The van der Waals surface area contributed by atoms with Crippen molar-refractivity contribution >= 4 is 11.8 Å². The molecule has 19 heavy (non-hydrogen) atoms. The Hall–Kier alpha value is -1.59. The summed E-state index contributed by atoms with van der Waals surface area (Å²) in [6, 6.07) is 7.76. The van der Waals surface area contributed by atoms with Gasteiger partial charge >= 0.3 is 6.09 Å². The van der Waals surface area contributed by atoms with E-state index in [-0.39, 0.29) is 18.8 Å². The Balaban J connectivity index is 2.00. The van der Waals surface area contributed by atoms with Crippen molar-refractivity contribution in [2.45, 2.75) is 18.9 Å². The van der Waals surface area contributed by atoms with Gasteiger partial charge in [-0.3, -0.25) is 4.90 Å². The third kappa shape index (κ3) is 3.45. The van der Waals surface area contributed by atoms with Crippen LogP contribution in [-0.2, 0) is 15.9 Å². The van der Waals surface area contributed by atoms with Gasteiger partial charge in [-0.15, -0.1) is 0 Å². The van der Waals surface area contributed by atoms with E-state index in [9.17, 15) is 4.79 Å². The van der Waals surface area contributed by atoms with Gasteiger partial charge in [0, 0.05) is 19.4 Å². The maximum absolute atomic E-state index is 11.7. The van der Waals surface area contributed by atoms with E-state index < -0.39 is 0 Å². The number of rotatable bonds is 6. The number of amides is 1. The summed E-state index contributed by atoms with van der Waals surface area (Å²) in [4.78, 5) is 13.3. The van der Waals surface area contributed by atoms with E-state index >= 15 is 0 Å². The summed E-state index contributed by atoms with van der Waals surface area (Å²) in [6.45, 7) is 1.12. The van der Waals surface area contributed by atoms with Crippen LogP contribution >= 0.6 is 0 Å². The highest BCUT2D eigenvalue weighted by Gasteiger charge is 2.32. The molecule has 5 heteroatoms. The highest BCUT2D eigenvalue weighted by Crippen LogP contribution is 2.22. The number of aliphatic hydroxyl groups is 1. The van der Waals surface area contributed by atoms with Crippen molar-refractivity contribution in [2.75, 3.05) is 31.8 Å². The Labute approximate surface area is 112 Å². The number of benzene rings is 1. The standard InChI is InChI=1S/C14H19NO4/c1-18-10-13-9-15(14(17)19-13)12-6-4-11(5-7-12)3-2-8-16/h4-7,13,16H,2-3,8-10H2,1H3/t13-/m1/s1. The number of nitrogens with zero attached hydrogens (tertiary/aromatic N) is 1. The van der Waals surface area contributed by atoms with Gasteiger partial charge in [0.05, 0.1) is 13.2 Å². The van der Waals surface area contributed by atoms with Crippen molar-refractivity contribution in [3.8, 4) is 0 Å². The molecule has 0 saturated carbocycles. The first-order chi connectivity index (χ1) is 9.24. The van der Waals surface area contributed by atoms with Crippen molar-refractivity contribution in [1.29, 1.82) is 0 Å². The lowest BCUT2D eigenvalue weighted by Gasteiger charge is -2.13. The van der Waals surface area contributed by atoms with Crippen molar-refractivity contribution in [2.24, 2.45) is 0 Å². The second-order valence-corrected chi connectivity index (χ2v) is 4.57. The topological polar surface area (TPSA) is 59.0 Å².